The predicted molar refractivity (Wildman–Crippen MR) is 75.0 cm³/mol. The maximum absolute atomic E-state index is 5.46. The predicted octanol–water partition coefficient (Wildman–Crippen LogP) is 2.53. The Morgan fingerprint density at radius 2 is 1.72 bits per heavy atom. The Hall–Kier alpha value is -1.36. The quantitative estimate of drug-likeness (QED) is 0.627. The molecular formula is C13H24N4O. The lowest BCUT2D eigenvalue weighted by atomic mass is 10.4. The van der Waals surface area contributed by atoms with Crippen LogP contribution in [0.25, 0.3) is 0 Å². The molecule has 5 heteroatoms. The van der Waals surface area contributed by atoms with Gasteiger partial charge in [-0.05, 0) is 12.8 Å². The lowest BCUT2D eigenvalue weighted by molar-refractivity contribution is 0.141. The standard InChI is InChI=1S/C13H24N4O/c1-3-5-8-18-9-7-16-13-11-14-10-12(17-13)15-6-4-2/h10-11H,3-9H2,1-2H3,(H2,15,16,17). The van der Waals surface area contributed by atoms with Gasteiger partial charge < -0.3 is 15.4 Å². The monoisotopic (exact) mass is 252 g/mol. The first-order valence-electron chi connectivity index (χ1n) is 6.74. The van der Waals surface area contributed by atoms with Gasteiger partial charge in [0.2, 0.25) is 0 Å². The molecule has 1 rings (SSSR count). The highest BCUT2D eigenvalue weighted by molar-refractivity contribution is 5.41. The van der Waals surface area contributed by atoms with E-state index in [0.717, 1.165) is 44.2 Å². The number of nitrogens with zero attached hydrogens (tertiary/aromatic N) is 2. The molecule has 0 radical (unpaired) electrons. The molecule has 0 bridgehead atoms. The first-order chi connectivity index (χ1) is 8.86. The summed E-state index contributed by atoms with van der Waals surface area (Å²) in [5, 5.41) is 6.41. The van der Waals surface area contributed by atoms with Crippen LogP contribution in [0.1, 0.15) is 33.1 Å². The maximum atomic E-state index is 5.46. The van der Waals surface area contributed by atoms with Crippen molar-refractivity contribution in [2.24, 2.45) is 0 Å². The number of hydrogen-bond donors (Lipinski definition) is 2. The largest absolute Gasteiger partial charge is 0.380 e. The second kappa shape index (κ2) is 9.65. The molecule has 102 valence electrons. The third-order valence-corrected chi connectivity index (χ3v) is 2.39. The summed E-state index contributed by atoms with van der Waals surface area (Å²) >= 11 is 0. The van der Waals surface area contributed by atoms with Crippen molar-refractivity contribution >= 4 is 11.6 Å². The summed E-state index contributed by atoms with van der Waals surface area (Å²) in [6.45, 7) is 7.49. The molecule has 18 heavy (non-hydrogen) atoms. The molecule has 1 aromatic heterocycles. The van der Waals surface area contributed by atoms with Crippen LogP contribution in [0.4, 0.5) is 11.6 Å². The third kappa shape index (κ3) is 6.39. The lowest BCUT2D eigenvalue weighted by Gasteiger charge is -2.08. The highest BCUT2D eigenvalue weighted by atomic mass is 16.5. The zero-order valence-corrected chi connectivity index (χ0v) is 11.4. The molecule has 0 saturated carbocycles. The van der Waals surface area contributed by atoms with Crippen molar-refractivity contribution in [3.8, 4) is 0 Å². The number of rotatable bonds is 10. The fourth-order valence-corrected chi connectivity index (χ4v) is 1.39. The number of anilines is 2. The van der Waals surface area contributed by atoms with E-state index in [1.54, 1.807) is 12.4 Å². The van der Waals surface area contributed by atoms with Gasteiger partial charge in [-0.15, -0.1) is 0 Å². The maximum Gasteiger partial charge on any atom is 0.147 e. The van der Waals surface area contributed by atoms with E-state index in [1.165, 1.54) is 6.42 Å². The van der Waals surface area contributed by atoms with Gasteiger partial charge in [0.1, 0.15) is 11.6 Å². The van der Waals surface area contributed by atoms with Crippen LogP contribution in [0.15, 0.2) is 12.4 Å². The molecule has 0 atom stereocenters. The minimum Gasteiger partial charge on any atom is -0.380 e. The molecule has 5 nitrogen and oxygen atoms in total. The summed E-state index contributed by atoms with van der Waals surface area (Å²) in [4.78, 5) is 8.54. The average Bonchev–Trinajstić information content (AvgIpc) is 2.41. The highest BCUT2D eigenvalue weighted by Crippen LogP contribution is 2.06. The molecule has 1 heterocycles. The lowest BCUT2D eigenvalue weighted by Crippen LogP contribution is -2.12. The van der Waals surface area contributed by atoms with Crippen LogP contribution in [0.5, 0.6) is 0 Å². The van der Waals surface area contributed by atoms with Gasteiger partial charge in [-0.25, -0.2) is 4.98 Å². The summed E-state index contributed by atoms with van der Waals surface area (Å²) in [5.74, 6) is 1.60. The zero-order valence-electron chi connectivity index (χ0n) is 11.4. The van der Waals surface area contributed by atoms with Crippen molar-refractivity contribution < 1.29 is 4.74 Å². The minimum absolute atomic E-state index is 0.703. The molecule has 0 aromatic carbocycles. The number of unbranched alkanes of at least 4 members (excludes halogenated alkanes) is 1. The van der Waals surface area contributed by atoms with Crippen molar-refractivity contribution in [3.05, 3.63) is 12.4 Å². The summed E-state index contributed by atoms with van der Waals surface area (Å²) in [5.41, 5.74) is 0. The zero-order chi connectivity index (χ0) is 13.1. The summed E-state index contributed by atoms with van der Waals surface area (Å²) in [6, 6.07) is 0. The minimum atomic E-state index is 0.703. The van der Waals surface area contributed by atoms with Gasteiger partial charge in [-0.3, -0.25) is 4.98 Å². The van der Waals surface area contributed by atoms with E-state index in [4.69, 9.17) is 4.74 Å². The van der Waals surface area contributed by atoms with Crippen LogP contribution in [0, 0.1) is 0 Å². The van der Waals surface area contributed by atoms with Crippen LogP contribution in [-0.2, 0) is 4.74 Å². The summed E-state index contributed by atoms with van der Waals surface area (Å²) in [6.07, 6.45) is 6.83. The van der Waals surface area contributed by atoms with Gasteiger partial charge in [0.25, 0.3) is 0 Å². The molecule has 0 unspecified atom stereocenters. The van der Waals surface area contributed by atoms with Crippen molar-refractivity contribution in [1.82, 2.24) is 9.97 Å². The van der Waals surface area contributed by atoms with E-state index in [1.807, 2.05) is 0 Å². The first-order valence-corrected chi connectivity index (χ1v) is 6.74. The van der Waals surface area contributed by atoms with Crippen molar-refractivity contribution in [1.29, 1.82) is 0 Å². The van der Waals surface area contributed by atoms with E-state index in [0.29, 0.717) is 6.61 Å². The fraction of sp³-hybridized carbons (Fsp3) is 0.692. The average molecular weight is 252 g/mol. The Morgan fingerprint density at radius 1 is 1.00 bits per heavy atom. The fourth-order valence-electron chi connectivity index (χ4n) is 1.39. The van der Waals surface area contributed by atoms with E-state index in [9.17, 15) is 0 Å². The van der Waals surface area contributed by atoms with E-state index in [2.05, 4.69) is 34.4 Å². The number of ether oxygens (including phenoxy) is 1. The van der Waals surface area contributed by atoms with Gasteiger partial charge in [0.15, 0.2) is 0 Å². The first kappa shape index (κ1) is 14.7. The normalized spacial score (nSPS) is 10.3. The number of nitrogens with one attached hydrogen (secondary N) is 2. The highest BCUT2D eigenvalue weighted by Gasteiger charge is 1.97. The summed E-state index contributed by atoms with van der Waals surface area (Å²) < 4.78 is 5.46. The molecule has 0 fully saturated rings. The van der Waals surface area contributed by atoms with Crippen LogP contribution < -0.4 is 10.6 Å². The Balaban J connectivity index is 2.20. The Bertz CT molecular complexity index is 320. The van der Waals surface area contributed by atoms with Gasteiger partial charge in [0, 0.05) is 19.7 Å². The van der Waals surface area contributed by atoms with Crippen molar-refractivity contribution in [3.63, 3.8) is 0 Å². The molecular weight excluding hydrogens is 228 g/mol. The molecule has 0 aliphatic carbocycles. The van der Waals surface area contributed by atoms with Crippen LogP contribution in [0.2, 0.25) is 0 Å². The van der Waals surface area contributed by atoms with E-state index >= 15 is 0 Å². The van der Waals surface area contributed by atoms with Crippen molar-refractivity contribution in [2.75, 3.05) is 36.9 Å². The molecule has 0 saturated heterocycles. The second-order valence-corrected chi connectivity index (χ2v) is 4.11. The van der Waals surface area contributed by atoms with Crippen LogP contribution in [0.3, 0.4) is 0 Å². The van der Waals surface area contributed by atoms with Gasteiger partial charge in [-0.2, -0.15) is 0 Å². The van der Waals surface area contributed by atoms with E-state index in [-0.39, 0.29) is 0 Å². The van der Waals surface area contributed by atoms with Crippen molar-refractivity contribution in [2.45, 2.75) is 33.1 Å². The molecule has 0 aliphatic heterocycles. The SMILES string of the molecule is CCCCOCCNc1cncc(NCCC)n1. The smallest absolute Gasteiger partial charge is 0.147 e. The Kier molecular flexibility index (Phi) is 7.88. The molecule has 0 amide bonds. The van der Waals surface area contributed by atoms with Crippen LogP contribution >= 0.6 is 0 Å². The van der Waals surface area contributed by atoms with Crippen LogP contribution in [-0.4, -0.2) is 36.3 Å². The number of aromatic nitrogens is 2. The second-order valence-electron chi connectivity index (χ2n) is 4.11. The molecule has 2 N–H and O–H groups in total. The summed E-state index contributed by atoms with van der Waals surface area (Å²) in [7, 11) is 0. The molecule has 0 spiro atoms. The van der Waals surface area contributed by atoms with E-state index < -0.39 is 0 Å². The molecule has 0 aliphatic rings. The van der Waals surface area contributed by atoms with Gasteiger partial charge in [-0.1, -0.05) is 20.3 Å². The Labute approximate surface area is 109 Å². The van der Waals surface area contributed by atoms with Gasteiger partial charge >= 0.3 is 0 Å². The Morgan fingerprint density at radius 3 is 2.39 bits per heavy atom. The third-order valence-electron chi connectivity index (χ3n) is 2.39. The topological polar surface area (TPSA) is 59.1 Å². The number of hydrogen-bond acceptors (Lipinski definition) is 5. The van der Waals surface area contributed by atoms with Gasteiger partial charge in [0.05, 0.1) is 19.0 Å². The molecule has 1 aromatic rings.